The number of nitrogens with zero attached hydrogens (tertiary/aromatic N) is 1. The van der Waals surface area contributed by atoms with Gasteiger partial charge in [0.1, 0.15) is 5.92 Å². The molecule has 0 spiro atoms. The van der Waals surface area contributed by atoms with Gasteiger partial charge in [-0.2, -0.15) is 0 Å². The average molecular weight is 303 g/mol. The van der Waals surface area contributed by atoms with Crippen LogP contribution in [0.3, 0.4) is 0 Å². The molecule has 0 radical (unpaired) electrons. The zero-order chi connectivity index (χ0) is 15.2. The molecule has 0 aliphatic heterocycles. The smallest absolute Gasteiger partial charge is 0.233 e. The maximum Gasteiger partial charge on any atom is 0.233 e. The van der Waals surface area contributed by atoms with Crippen LogP contribution < -0.4 is 5.32 Å². The topological polar surface area (TPSA) is 42.0 Å². The second-order valence-electron chi connectivity index (χ2n) is 5.38. The van der Waals surface area contributed by atoms with Crippen molar-refractivity contribution in [3.63, 3.8) is 0 Å². The minimum atomic E-state index is -0.415. The number of halogens is 1. The van der Waals surface area contributed by atoms with Crippen molar-refractivity contribution in [2.24, 2.45) is 5.92 Å². The van der Waals surface area contributed by atoms with E-state index in [-0.39, 0.29) is 5.91 Å². The van der Waals surface area contributed by atoms with Crippen molar-refractivity contribution in [3.8, 4) is 0 Å². The Hall–Kier alpha value is -1.87. The maximum atomic E-state index is 12.5. The lowest BCUT2D eigenvalue weighted by molar-refractivity contribution is -0.121. The van der Waals surface area contributed by atoms with Gasteiger partial charge in [-0.3, -0.25) is 9.78 Å². The number of carbonyl (C=O) groups is 1. The number of nitrogens with one attached hydrogen (secondary N) is 1. The van der Waals surface area contributed by atoms with Gasteiger partial charge in [0.25, 0.3) is 0 Å². The largest absolute Gasteiger partial charge is 0.355 e. The second kappa shape index (κ2) is 7.23. The van der Waals surface area contributed by atoms with E-state index in [9.17, 15) is 4.79 Å². The third kappa shape index (κ3) is 4.30. The summed E-state index contributed by atoms with van der Waals surface area (Å²) >= 11 is 5.93. The molecule has 0 aliphatic rings. The van der Waals surface area contributed by atoms with Gasteiger partial charge in [-0.25, -0.2) is 0 Å². The average Bonchev–Trinajstić information content (AvgIpc) is 2.48. The molecule has 2 aromatic rings. The fourth-order valence-corrected chi connectivity index (χ4v) is 2.19. The number of rotatable bonds is 5. The van der Waals surface area contributed by atoms with E-state index in [4.69, 9.17) is 11.6 Å². The molecule has 0 saturated heterocycles. The molecular weight excluding hydrogens is 284 g/mol. The van der Waals surface area contributed by atoms with E-state index in [1.807, 2.05) is 30.3 Å². The molecule has 0 bridgehead atoms. The van der Waals surface area contributed by atoms with Crippen molar-refractivity contribution in [1.29, 1.82) is 0 Å². The van der Waals surface area contributed by atoms with Gasteiger partial charge in [-0.05, 0) is 35.7 Å². The summed E-state index contributed by atoms with van der Waals surface area (Å²) in [5.74, 6) is -0.0458. The van der Waals surface area contributed by atoms with Crippen LogP contribution in [0.15, 0.2) is 48.7 Å². The van der Waals surface area contributed by atoms with Crippen LogP contribution in [0.25, 0.3) is 0 Å². The minimum Gasteiger partial charge on any atom is -0.355 e. The first-order valence-electron chi connectivity index (χ1n) is 7.02. The van der Waals surface area contributed by atoms with Gasteiger partial charge in [0.2, 0.25) is 5.91 Å². The number of hydrogen-bond donors (Lipinski definition) is 1. The van der Waals surface area contributed by atoms with E-state index in [0.29, 0.717) is 17.5 Å². The standard InChI is InChI=1S/C17H19ClN2O/c1-12(2)11-20-17(21)16(15-5-3-4-10-19-15)13-6-8-14(18)9-7-13/h3-10,12,16H,11H2,1-2H3,(H,20,21). The fourth-order valence-electron chi connectivity index (χ4n) is 2.07. The number of carbonyl (C=O) groups excluding carboxylic acids is 1. The molecule has 1 atom stereocenters. The highest BCUT2D eigenvalue weighted by atomic mass is 35.5. The van der Waals surface area contributed by atoms with Crippen molar-refractivity contribution >= 4 is 17.5 Å². The molecule has 1 aromatic heterocycles. The van der Waals surface area contributed by atoms with Gasteiger partial charge in [0.15, 0.2) is 0 Å². The van der Waals surface area contributed by atoms with Gasteiger partial charge in [0, 0.05) is 17.8 Å². The Morgan fingerprint density at radius 2 is 1.90 bits per heavy atom. The molecule has 21 heavy (non-hydrogen) atoms. The lowest BCUT2D eigenvalue weighted by Gasteiger charge is -2.18. The summed E-state index contributed by atoms with van der Waals surface area (Å²) in [6.07, 6.45) is 1.70. The predicted molar refractivity (Wildman–Crippen MR) is 85.4 cm³/mol. The van der Waals surface area contributed by atoms with Crippen molar-refractivity contribution in [2.45, 2.75) is 19.8 Å². The van der Waals surface area contributed by atoms with Crippen LogP contribution in [0.4, 0.5) is 0 Å². The highest BCUT2D eigenvalue weighted by Crippen LogP contribution is 2.24. The summed E-state index contributed by atoms with van der Waals surface area (Å²) in [7, 11) is 0. The number of aromatic nitrogens is 1. The second-order valence-corrected chi connectivity index (χ2v) is 5.81. The van der Waals surface area contributed by atoms with Crippen molar-refractivity contribution in [3.05, 3.63) is 64.9 Å². The summed E-state index contributed by atoms with van der Waals surface area (Å²) in [6, 6.07) is 12.9. The molecule has 2 rings (SSSR count). The lowest BCUT2D eigenvalue weighted by atomic mass is 9.94. The molecular formula is C17H19ClN2O. The number of benzene rings is 1. The first-order chi connectivity index (χ1) is 10.1. The maximum absolute atomic E-state index is 12.5. The molecule has 1 unspecified atom stereocenters. The van der Waals surface area contributed by atoms with Crippen molar-refractivity contribution in [2.75, 3.05) is 6.54 Å². The van der Waals surface area contributed by atoms with Crippen LogP contribution in [0.2, 0.25) is 5.02 Å². The molecule has 1 amide bonds. The van der Waals surface area contributed by atoms with Crippen molar-refractivity contribution in [1.82, 2.24) is 10.3 Å². The molecule has 3 nitrogen and oxygen atoms in total. The quantitative estimate of drug-likeness (QED) is 0.916. The highest BCUT2D eigenvalue weighted by molar-refractivity contribution is 6.30. The highest BCUT2D eigenvalue weighted by Gasteiger charge is 2.23. The Balaban J connectivity index is 2.30. The molecule has 0 aliphatic carbocycles. The van der Waals surface area contributed by atoms with E-state index in [1.165, 1.54) is 0 Å². The molecule has 0 saturated carbocycles. The zero-order valence-electron chi connectivity index (χ0n) is 12.2. The lowest BCUT2D eigenvalue weighted by Crippen LogP contribution is -2.33. The van der Waals surface area contributed by atoms with E-state index in [0.717, 1.165) is 11.3 Å². The third-order valence-corrected chi connectivity index (χ3v) is 3.39. The first kappa shape index (κ1) is 15.5. The predicted octanol–water partition coefficient (Wildman–Crippen LogP) is 3.64. The summed E-state index contributed by atoms with van der Waals surface area (Å²) in [5, 5.41) is 3.64. The zero-order valence-corrected chi connectivity index (χ0v) is 13.0. The Morgan fingerprint density at radius 1 is 1.19 bits per heavy atom. The molecule has 110 valence electrons. The van der Waals surface area contributed by atoms with E-state index >= 15 is 0 Å². The Kier molecular flexibility index (Phi) is 5.34. The fraction of sp³-hybridized carbons (Fsp3) is 0.294. The van der Waals surface area contributed by atoms with Crippen molar-refractivity contribution < 1.29 is 4.79 Å². The van der Waals surface area contributed by atoms with Gasteiger partial charge in [-0.1, -0.05) is 43.6 Å². The Morgan fingerprint density at radius 3 is 2.48 bits per heavy atom. The Labute approximate surface area is 130 Å². The summed E-state index contributed by atoms with van der Waals surface area (Å²) in [6.45, 7) is 4.78. The molecule has 4 heteroatoms. The molecule has 1 aromatic carbocycles. The minimum absolute atomic E-state index is 0.0373. The van der Waals surface area contributed by atoms with Gasteiger partial charge >= 0.3 is 0 Å². The Bertz CT molecular complexity index is 581. The van der Waals surface area contributed by atoms with Gasteiger partial charge in [-0.15, -0.1) is 0 Å². The van der Waals surface area contributed by atoms with Crippen LogP contribution in [-0.4, -0.2) is 17.4 Å². The number of amides is 1. The summed E-state index contributed by atoms with van der Waals surface area (Å²) in [4.78, 5) is 16.9. The summed E-state index contributed by atoms with van der Waals surface area (Å²) < 4.78 is 0. The van der Waals surface area contributed by atoms with Gasteiger partial charge in [0.05, 0.1) is 5.69 Å². The molecule has 1 heterocycles. The van der Waals surface area contributed by atoms with Crippen LogP contribution in [0.1, 0.15) is 31.0 Å². The SMILES string of the molecule is CC(C)CNC(=O)C(c1ccc(Cl)cc1)c1ccccn1. The van der Waals surface area contributed by atoms with Gasteiger partial charge < -0.3 is 5.32 Å². The van der Waals surface area contributed by atoms with E-state index in [1.54, 1.807) is 18.3 Å². The molecule has 0 fully saturated rings. The number of pyridine rings is 1. The number of hydrogen-bond acceptors (Lipinski definition) is 2. The third-order valence-electron chi connectivity index (χ3n) is 3.13. The van der Waals surface area contributed by atoms with Crippen LogP contribution in [0, 0.1) is 5.92 Å². The normalized spacial score (nSPS) is 12.2. The van der Waals surface area contributed by atoms with E-state index in [2.05, 4.69) is 24.1 Å². The van der Waals surface area contributed by atoms with Crippen LogP contribution in [0.5, 0.6) is 0 Å². The monoisotopic (exact) mass is 302 g/mol. The van der Waals surface area contributed by atoms with Crippen LogP contribution >= 0.6 is 11.6 Å². The first-order valence-corrected chi connectivity index (χ1v) is 7.40. The summed E-state index contributed by atoms with van der Waals surface area (Å²) in [5.41, 5.74) is 1.63. The molecule has 1 N–H and O–H groups in total. The van der Waals surface area contributed by atoms with E-state index < -0.39 is 5.92 Å². The van der Waals surface area contributed by atoms with Crippen LogP contribution in [-0.2, 0) is 4.79 Å².